The van der Waals surface area contributed by atoms with E-state index in [0.717, 1.165) is 12.8 Å². The normalized spacial score (nSPS) is 10.4. The average molecular weight is 197 g/mol. The molecule has 0 aliphatic carbocycles. The first-order chi connectivity index (χ1) is 6.70. The predicted molar refractivity (Wildman–Crippen MR) is 57.0 cm³/mol. The smallest absolute Gasteiger partial charge is 0.220 e. The number of amides is 1. The SMILES string of the molecule is CCC=CCCC(=O)CCC(=O)NC. The van der Waals surface area contributed by atoms with E-state index in [1.165, 1.54) is 0 Å². The first kappa shape index (κ1) is 12.9. The lowest BCUT2D eigenvalue weighted by Gasteiger charge is -1.98. The van der Waals surface area contributed by atoms with Crippen LogP contribution in [-0.4, -0.2) is 18.7 Å². The van der Waals surface area contributed by atoms with Gasteiger partial charge in [0.15, 0.2) is 0 Å². The lowest BCUT2D eigenvalue weighted by atomic mass is 10.1. The molecule has 0 aliphatic heterocycles. The molecule has 0 aromatic heterocycles. The molecule has 0 radical (unpaired) electrons. The summed E-state index contributed by atoms with van der Waals surface area (Å²) in [6.45, 7) is 2.06. The maximum atomic E-state index is 11.2. The first-order valence-corrected chi connectivity index (χ1v) is 5.08. The summed E-state index contributed by atoms with van der Waals surface area (Å²) in [6.07, 6.45) is 7.08. The van der Waals surface area contributed by atoms with Crippen LogP contribution in [0.1, 0.15) is 39.0 Å². The Morgan fingerprint density at radius 1 is 1.14 bits per heavy atom. The summed E-state index contributed by atoms with van der Waals surface area (Å²) in [7, 11) is 1.58. The van der Waals surface area contributed by atoms with Crippen molar-refractivity contribution in [2.24, 2.45) is 0 Å². The van der Waals surface area contributed by atoms with Crippen molar-refractivity contribution >= 4 is 11.7 Å². The van der Waals surface area contributed by atoms with Crippen molar-refractivity contribution in [3.05, 3.63) is 12.2 Å². The van der Waals surface area contributed by atoms with Gasteiger partial charge in [0.2, 0.25) is 5.91 Å². The zero-order valence-electron chi connectivity index (χ0n) is 9.01. The second-order valence-corrected chi connectivity index (χ2v) is 3.13. The molecular weight excluding hydrogens is 178 g/mol. The van der Waals surface area contributed by atoms with Crippen LogP contribution in [0.4, 0.5) is 0 Å². The number of hydrogen-bond acceptors (Lipinski definition) is 2. The fraction of sp³-hybridized carbons (Fsp3) is 0.636. The van der Waals surface area contributed by atoms with Crippen molar-refractivity contribution in [1.82, 2.24) is 5.32 Å². The van der Waals surface area contributed by atoms with Gasteiger partial charge in [-0.1, -0.05) is 19.1 Å². The minimum Gasteiger partial charge on any atom is -0.359 e. The predicted octanol–water partition coefficient (Wildman–Crippen LogP) is 1.83. The third kappa shape index (κ3) is 7.53. The van der Waals surface area contributed by atoms with Gasteiger partial charge in [-0.3, -0.25) is 9.59 Å². The second-order valence-electron chi connectivity index (χ2n) is 3.13. The summed E-state index contributed by atoms with van der Waals surface area (Å²) in [5.41, 5.74) is 0. The van der Waals surface area contributed by atoms with E-state index in [9.17, 15) is 9.59 Å². The zero-order valence-corrected chi connectivity index (χ0v) is 9.01. The number of Topliss-reactive ketones (excluding diaryl/α,β-unsaturated/α-hetero) is 1. The number of allylic oxidation sites excluding steroid dienone is 2. The van der Waals surface area contributed by atoms with E-state index in [0.29, 0.717) is 19.3 Å². The molecule has 0 saturated heterocycles. The van der Waals surface area contributed by atoms with E-state index in [4.69, 9.17) is 0 Å². The molecule has 0 saturated carbocycles. The molecule has 3 nitrogen and oxygen atoms in total. The van der Waals surface area contributed by atoms with Gasteiger partial charge in [-0.05, 0) is 12.8 Å². The Morgan fingerprint density at radius 2 is 1.86 bits per heavy atom. The molecule has 3 heteroatoms. The van der Waals surface area contributed by atoms with Crippen molar-refractivity contribution in [1.29, 1.82) is 0 Å². The Labute approximate surface area is 85.6 Å². The van der Waals surface area contributed by atoms with Gasteiger partial charge in [0.1, 0.15) is 5.78 Å². The van der Waals surface area contributed by atoms with Gasteiger partial charge in [-0.2, -0.15) is 0 Å². The highest BCUT2D eigenvalue weighted by Gasteiger charge is 2.03. The molecule has 0 unspecified atom stereocenters. The maximum Gasteiger partial charge on any atom is 0.220 e. The average Bonchev–Trinajstić information content (AvgIpc) is 2.21. The monoisotopic (exact) mass is 197 g/mol. The van der Waals surface area contributed by atoms with Crippen molar-refractivity contribution in [3.8, 4) is 0 Å². The lowest BCUT2D eigenvalue weighted by molar-refractivity contribution is -0.125. The van der Waals surface area contributed by atoms with Gasteiger partial charge in [0.25, 0.3) is 0 Å². The molecule has 0 heterocycles. The topological polar surface area (TPSA) is 46.2 Å². The van der Waals surface area contributed by atoms with Crippen molar-refractivity contribution in [2.75, 3.05) is 7.05 Å². The van der Waals surface area contributed by atoms with Gasteiger partial charge in [-0.15, -0.1) is 0 Å². The molecule has 0 bridgehead atoms. The molecule has 14 heavy (non-hydrogen) atoms. The Hall–Kier alpha value is -1.12. The van der Waals surface area contributed by atoms with Crippen LogP contribution in [0.3, 0.4) is 0 Å². The fourth-order valence-electron chi connectivity index (χ4n) is 1.03. The minimum absolute atomic E-state index is 0.0672. The Kier molecular flexibility index (Phi) is 7.80. The van der Waals surface area contributed by atoms with Gasteiger partial charge in [0, 0.05) is 26.3 Å². The summed E-state index contributed by atoms with van der Waals surface area (Å²) < 4.78 is 0. The largest absolute Gasteiger partial charge is 0.359 e. The maximum absolute atomic E-state index is 11.2. The number of carbonyl (C=O) groups is 2. The number of hydrogen-bond donors (Lipinski definition) is 1. The molecule has 0 atom stereocenters. The van der Waals surface area contributed by atoms with E-state index in [1.807, 2.05) is 12.2 Å². The quantitative estimate of drug-likeness (QED) is 0.633. The Morgan fingerprint density at radius 3 is 2.43 bits per heavy atom. The van der Waals surface area contributed by atoms with Gasteiger partial charge >= 0.3 is 0 Å². The summed E-state index contributed by atoms with van der Waals surface area (Å²) in [5.74, 6) is 0.0943. The summed E-state index contributed by atoms with van der Waals surface area (Å²) in [6, 6.07) is 0. The van der Waals surface area contributed by atoms with Crippen LogP contribution in [-0.2, 0) is 9.59 Å². The number of nitrogens with one attached hydrogen (secondary N) is 1. The van der Waals surface area contributed by atoms with Crippen LogP contribution in [0.25, 0.3) is 0 Å². The number of carbonyl (C=O) groups excluding carboxylic acids is 2. The number of rotatable bonds is 7. The highest BCUT2D eigenvalue weighted by atomic mass is 16.2. The third-order valence-electron chi connectivity index (χ3n) is 1.90. The van der Waals surface area contributed by atoms with E-state index in [2.05, 4.69) is 12.2 Å². The molecule has 1 amide bonds. The molecule has 0 aliphatic rings. The lowest BCUT2D eigenvalue weighted by Crippen LogP contribution is -2.18. The van der Waals surface area contributed by atoms with E-state index in [-0.39, 0.29) is 11.7 Å². The highest BCUT2D eigenvalue weighted by Crippen LogP contribution is 2.00. The van der Waals surface area contributed by atoms with E-state index >= 15 is 0 Å². The van der Waals surface area contributed by atoms with Gasteiger partial charge < -0.3 is 5.32 Å². The molecular formula is C11H19NO2. The molecule has 0 rings (SSSR count). The van der Waals surface area contributed by atoms with Crippen LogP contribution in [0.2, 0.25) is 0 Å². The minimum atomic E-state index is -0.0672. The highest BCUT2D eigenvalue weighted by molar-refractivity contribution is 5.84. The van der Waals surface area contributed by atoms with Crippen molar-refractivity contribution < 1.29 is 9.59 Å². The van der Waals surface area contributed by atoms with Crippen molar-refractivity contribution in [2.45, 2.75) is 39.0 Å². The van der Waals surface area contributed by atoms with Crippen LogP contribution in [0.5, 0.6) is 0 Å². The molecule has 0 spiro atoms. The van der Waals surface area contributed by atoms with E-state index in [1.54, 1.807) is 7.05 Å². The summed E-state index contributed by atoms with van der Waals surface area (Å²) in [5, 5.41) is 2.49. The van der Waals surface area contributed by atoms with Crippen LogP contribution in [0, 0.1) is 0 Å². The molecule has 0 aromatic rings. The zero-order chi connectivity index (χ0) is 10.8. The summed E-state index contributed by atoms with van der Waals surface area (Å²) >= 11 is 0. The fourth-order valence-corrected chi connectivity index (χ4v) is 1.03. The van der Waals surface area contributed by atoms with E-state index < -0.39 is 0 Å². The standard InChI is InChI=1S/C11H19NO2/c1-3-4-5-6-7-10(13)8-9-11(14)12-2/h4-5H,3,6-9H2,1-2H3,(H,12,14). The Bertz CT molecular complexity index is 209. The van der Waals surface area contributed by atoms with Gasteiger partial charge in [-0.25, -0.2) is 0 Å². The van der Waals surface area contributed by atoms with Crippen LogP contribution in [0.15, 0.2) is 12.2 Å². The second kappa shape index (κ2) is 8.48. The third-order valence-corrected chi connectivity index (χ3v) is 1.90. The summed E-state index contributed by atoms with van der Waals surface area (Å²) in [4.78, 5) is 22.0. The molecule has 1 N–H and O–H groups in total. The molecule has 80 valence electrons. The van der Waals surface area contributed by atoms with Crippen LogP contribution >= 0.6 is 0 Å². The Balaban J connectivity index is 3.46. The molecule has 0 aromatic carbocycles. The number of ketones is 1. The van der Waals surface area contributed by atoms with Crippen LogP contribution < -0.4 is 5.32 Å². The van der Waals surface area contributed by atoms with Crippen molar-refractivity contribution in [3.63, 3.8) is 0 Å². The van der Waals surface area contributed by atoms with Gasteiger partial charge in [0.05, 0.1) is 0 Å². The first-order valence-electron chi connectivity index (χ1n) is 5.08. The molecule has 0 fully saturated rings.